The van der Waals surface area contributed by atoms with Gasteiger partial charge in [-0.15, -0.1) is 0 Å². The third-order valence-corrected chi connectivity index (χ3v) is 1.96. The van der Waals surface area contributed by atoms with Crippen molar-refractivity contribution in [1.29, 1.82) is 0 Å². The van der Waals surface area contributed by atoms with Gasteiger partial charge in [0.2, 0.25) is 0 Å². The van der Waals surface area contributed by atoms with E-state index in [4.69, 9.17) is 0 Å². The lowest BCUT2D eigenvalue weighted by molar-refractivity contribution is 0.0478. The van der Waals surface area contributed by atoms with Gasteiger partial charge in [-0.3, -0.25) is 0 Å². The zero-order valence-electron chi connectivity index (χ0n) is 7.81. The van der Waals surface area contributed by atoms with Crippen LogP contribution in [-0.2, 0) is 0 Å². The fourth-order valence-electron chi connectivity index (χ4n) is 1.02. The van der Waals surface area contributed by atoms with Crippen LogP contribution in [0.2, 0.25) is 0 Å². The highest BCUT2D eigenvalue weighted by molar-refractivity contribution is 4.70. The Morgan fingerprint density at radius 1 is 1.20 bits per heavy atom. The van der Waals surface area contributed by atoms with Crippen LogP contribution in [0, 0.1) is 11.8 Å². The van der Waals surface area contributed by atoms with Crippen molar-refractivity contribution in [3.05, 3.63) is 0 Å². The van der Waals surface area contributed by atoms with Gasteiger partial charge >= 0.3 is 0 Å². The van der Waals surface area contributed by atoms with E-state index in [0.717, 1.165) is 6.42 Å². The second-order valence-electron chi connectivity index (χ2n) is 4.24. The van der Waals surface area contributed by atoms with Gasteiger partial charge in [-0.1, -0.05) is 20.8 Å². The average molecular weight is 144 g/mol. The predicted octanol–water partition coefficient (Wildman–Crippen LogP) is 2.44. The van der Waals surface area contributed by atoms with Gasteiger partial charge < -0.3 is 5.11 Å². The minimum Gasteiger partial charge on any atom is -0.390 e. The second-order valence-corrected chi connectivity index (χ2v) is 4.24. The van der Waals surface area contributed by atoms with Gasteiger partial charge in [0.1, 0.15) is 0 Å². The molecule has 1 atom stereocenters. The topological polar surface area (TPSA) is 20.2 Å². The summed E-state index contributed by atoms with van der Waals surface area (Å²) in [5.41, 5.74) is -0.496. The maximum atomic E-state index is 9.44. The monoisotopic (exact) mass is 144 g/mol. The van der Waals surface area contributed by atoms with E-state index < -0.39 is 5.60 Å². The number of hydrogen-bond acceptors (Lipinski definition) is 1. The molecule has 0 unspecified atom stereocenters. The first kappa shape index (κ1) is 9.96. The summed E-state index contributed by atoms with van der Waals surface area (Å²) in [5.74, 6) is 1.28. The molecule has 62 valence electrons. The normalized spacial score (nSPS) is 15.9. The summed E-state index contributed by atoms with van der Waals surface area (Å²) in [6, 6.07) is 0. The molecule has 1 N–H and O–H groups in total. The van der Waals surface area contributed by atoms with Crippen LogP contribution in [0.5, 0.6) is 0 Å². The molecule has 0 saturated heterocycles. The summed E-state index contributed by atoms with van der Waals surface area (Å²) in [4.78, 5) is 0. The summed E-state index contributed by atoms with van der Waals surface area (Å²) in [5, 5.41) is 9.44. The molecule has 1 nitrogen and oxygen atoms in total. The van der Waals surface area contributed by atoms with E-state index in [-0.39, 0.29) is 0 Å². The lowest BCUT2D eigenvalue weighted by atomic mass is 9.87. The van der Waals surface area contributed by atoms with Crippen LogP contribution in [-0.4, -0.2) is 10.7 Å². The molecule has 0 aliphatic rings. The Kier molecular flexibility index (Phi) is 3.37. The van der Waals surface area contributed by atoms with Crippen molar-refractivity contribution in [1.82, 2.24) is 0 Å². The molecule has 0 aromatic heterocycles. The van der Waals surface area contributed by atoms with Gasteiger partial charge in [0, 0.05) is 0 Å². The largest absolute Gasteiger partial charge is 0.390 e. The highest BCUT2D eigenvalue weighted by Crippen LogP contribution is 2.21. The highest BCUT2D eigenvalue weighted by Gasteiger charge is 2.18. The quantitative estimate of drug-likeness (QED) is 0.645. The van der Waals surface area contributed by atoms with Crippen LogP contribution in [0.15, 0.2) is 0 Å². The van der Waals surface area contributed by atoms with Crippen LogP contribution >= 0.6 is 0 Å². The fraction of sp³-hybridized carbons (Fsp3) is 1.00. The molecule has 0 aliphatic heterocycles. The van der Waals surface area contributed by atoms with Gasteiger partial charge in [-0.25, -0.2) is 0 Å². The van der Waals surface area contributed by atoms with Gasteiger partial charge in [0.25, 0.3) is 0 Å². The fourth-order valence-corrected chi connectivity index (χ4v) is 1.02. The minimum atomic E-state index is -0.496. The third kappa shape index (κ3) is 4.80. The van der Waals surface area contributed by atoms with Crippen LogP contribution in [0.3, 0.4) is 0 Å². The number of rotatable bonds is 3. The zero-order valence-corrected chi connectivity index (χ0v) is 7.81. The zero-order chi connectivity index (χ0) is 8.36. The van der Waals surface area contributed by atoms with Crippen LogP contribution in [0.4, 0.5) is 0 Å². The molecular formula is C9H20O. The average Bonchev–Trinajstić information content (AvgIpc) is 1.60. The first-order chi connectivity index (χ1) is 4.33. The van der Waals surface area contributed by atoms with E-state index in [1.165, 1.54) is 0 Å². The SMILES string of the molecule is CC(C)[C@H](C)CC(C)(C)O. The van der Waals surface area contributed by atoms with Gasteiger partial charge in [0.05, 0.1) is 5.60 Å². The van der Waals surface area contributed by atoms with E-state index >= 15 is 0 Å². The Labute approximate surface area is 64.5 Å². The van der Waals surface area contributed by atoms with E-state index in [0.29, 0.717) is 11.8 Å². The lowest BCUT2D eigenvalue weighted by Crippen LogP contribution is -2.24. The van der Waals surface area contributed by atoms with Crippen molar-refractivity contribution >= 4 is 0 Å². The molecule has 0 saturated carbocycles. The summed E-state index contributed by atoms with van der Waals surface area (Å²) in [6.45, 7) is 10.3. The van der Waals surface area contributed by atoms with E-state index in [2.05, 4.69) is 20.8 Å². The molecule has 0 fully saturated rings. The summed E-state index contributed by atoms with van der Waals surface area (Å²) < 4.78 is 0. The molecule has 0 amide bonds. The lowest BCUT2D eigenvalue weighted by Gasteiger charge is -2.24. The summed E-state index contributed by atoms with van der Waals surface area (Å²) in [7, 11) is 0. The van der Waals surface area contributed by atoms with Crippen molar-refractivity contribution in [3.8, 4) is 0 Å². The van der Waals surface area contributed by atoms with E-state index in [1.807, 2.05) is 13.8 Å². The molecule has 0 aromatic rings. The maximum absolute atomic E-state index is 9.44. The van der Waals surface area contributed by atoms with Gasteiger partial charge in [0.15, 0.2) is 0 Å². The highest BCUT2D eigenvalue weighted by atomic mass is 16.3. The molecule has 0 aromatic carbocycles. The van der Waals surface area contributed by atoms with Crippen LogP contribution < -0.4 is 0 Å². The van der Waals surface area contributed by atoms with Crippen molar-refractivity contribution in [2.24, 2.45) is 11.8 Å². The molecule has 0 rings (SSSR count). The Morgan fingerprint density at radius 3 is 1.70 bits per heavy atom. The minimum absolute atomic E-state index is 0.496. The molecular weight excluding hydrogens is 124 g/mol. The Bertz CT molecular complexity index is 89.4. The first-order valence-electron chi connectivity index (χ1n) is 4.05. The predicted molar refractivity (Wildman–Crippen MR) is 44.9 cm³/mol. The standard InChI is InChI=1S/C9H20O/c1-7(2)8(3)6-9(4,5)10/h7-8,10H,6H2,1-5H3/t8-/m1/s1. The smallest absolute Gasteiger partial charge is 0.0594 e. The maximum Gasteiger partial charge on any atom is 0.0594 e. The molecule has 0 radical (unpaired) electrons. The summed E-state index contributed by atoms with van der Waals surface area (Å²) >= 11 is 0. The molecule has 0 bridgehead atoms. The van der Waals surface area contributed by atoms with Crippen LogP contribution in [0.1, 0.15) is 41.0 Å². The molecule has 0 aliphatic carbocycles. The third-order valence-electron chi connectivity index (χ3n) is 1.96. The van der Waals surface area contributed by atoms with Crippen molar-refractivity contribution in [3.63, 3.8) is 0 Å². The Hall–Kier alpha value is -0.0400. The van der Waals surface area contributed by atoms with Crippen molar-refractivity contribution in [2.75, 3.05) is 0 Å². The number of hydrogen-bond donors (Lipinski definition) is 1. The summed E-state index contributed by atoms with van der Waals surface area (Å²) in [6.07, 6.45) is 0.894. The number of aliphatic hydroxyl groups is 1. The molecule has 10 heavy (non-hydrogen) atoms. The molecule has 0 heterocycles. The van der Waals surface area contributed by atoms with E-state index in [1.54, 1.807) is 0 Å². The Balaban J connectivity index is 3.68. The first-order valence-corrected chi connectivity index (χ1v) is 4.05. The van der Waals surface area contributed by atoms with Gasteiger partial charge in [-0.05, 0) is 32.1 Å². The van der Waals surface area contributed by atoms with Gasteiger partial charge in [-0.2, -0.15) is 0 Å². The van der Waals surface area contributed by atoms with Crippen LogP contribution in [0.25, 0.3) is 0 Å². The van der Waals surface area contributed by atoms with E-state index in [9.17, 15) is 5.11 Å². The molecule has 0 spiro atoms. The molecule has 1 heteroatoms. The van der Waals surface area contributed by atoms with Crippen molar-refractivity contribution < 1.29 is 5.11 Å². The Morgan fingerprint density at radius 2 is 1.60 bits per heavy atom. The second kappa shape index (κ2) is 3.38. The van der Waals surface area contributed by atoms with Crippen molar-refractivity contribution in [2.45, 2.75) is 46.6 Å².